The highest BCUT2D eigenvalue weighted by atomic mass is 16.5. The lowest BCUT2D eigenvalue weighted by Gasteiger charge is -2.11. The van der Waals surface area contributed by atoms with Crippen molar-refractivity contribution in [2.75, 3.05) is 13.2 Å². The van der Waals surface area contributed by atoms with Gasteiger partial charge in [0.05, 0.1) is 19.3 Å². The van der Waals surface area contributed by atoms with E-state index < -0.39 is 6.04 Å². The largest absolute Gasteiger partial charge is 0.504 e. The van der Waals surface area contributed by atoms with Crippen LogP contribution in [0.5, 0.6) is 11.5 Å². The molecule has 0 aliphatic carbocycles. The predicted molar refractivity (Wildman–Crippen MR) is 53.3 cm³/mol. The van der Waals surface area contributed by atoms with Gasteiger partial charge in [0.2, 0.25) is 0 Å². The Bertz CT molecular complexity index is 301. The Hall–Kier alpha value is -1.26. The van der Waals surface area contributed by atoms with E-state index in [0.717, 1.165) is 5.56 Å². The van der Waals surface area contributed by atoms with E-state index >= 15 is 0 Å². The second-order valence-electron chi connectivity index (χ2n) is 2.95. The number of phenolic OH excluding ortho intramolecular Hbond substituents is 1. The lowest BCUT2D eigenvalue weighted by atomic mass is 10.1. The summed E-state index contributed by atoms with van der Waals surface area (Å²) in [6.45, 7) is 2.18. The fourth-order valence-corrected chi connectivity index (χ4v) is 1.14. The monoisotopic (exact) mass is 197 g/mol. The summed E-state index contributed by atoms with van der Waals surface area (Å²) in [6, 6.07) is 4.38. The van der Waals surface area contributed by atoms with Crippen LogP contribution in [0.15, 0.2) is 18.2 Å². The Morgan fingerprint density at radius 3 is 2.79 bits per heavy atom. The van der Waals surface area contributed by atoms with Gasteiger partial charge in [0.1, 0.15) is 0 Å². The molecule has 1 rings (SSSR count). The molecule has 0 saturated carbocycles. The zero-order chi connectivity index (χ0) is 10.6. The van der Waals surface area contributed by atoms with Crippen molar-refractivity contribution in [1.29, 1.82) is 0 Å². The van der Waals surface area contributed by atoms with Crippen molar-refractivity contribution in [1.82, 2.24) is 0 Å². The minimum Gasteiger partial charge on any atom is -0.504 e. The summed E-state index contributed by atoms with van der Waals surface area (Å²) in [7, 11) is 0. The second kappa shape index (κ2) is 4.83. The van der Waals surface area contributed by atoms with E-state index in [9.17, 15) is 5.11 Å². The first-order valence-electron chi connectivity index (χ1n) is 4.51. The van der Waals surface area contributed by atoms with Gasteiger partial charge in [-0.25, -0.2) is 0 Å². The summed E-state index contributed by atoms with van der Waals surface area (Å²) in [6.07, 6.45) is 0. The third kappa shape index (κ3) is 2.37. The molecule has 0 saturated heterocycles. The van der Waals surface area contributed by atoms with Gasteiger partial charge in [-0.05, 0) is 24.6 Å². The summed E-state index contributed by atoms with van der Waals surface area (Å²) in [4.78, 5) is 0. The number of phenols is 1. The molecule has 0 aliphatic rings. The molecule has 0 heterocycles. The van der Waals surface area contributed by atoms with Crippen LogP contribution < -0.4 is 10.5 Å². The Morgan fingerprint density at radius 2 is 2.21 bits per heavy atom. The number of hydrogen-bond acceptors (Lipinski definition) is 4. The number of aliphatic hydroxyl groups excluding tert-OH is 1. The van der Waals surface area contributed by atoms with Gasteiger partial charge in [-0.15, -0.1) is 0 Å². The van der Waals surface area contributed by atoms with Crippen molar-refractivity contribution in [3.05, 3.63) is 23.8 Å². The molecule has 0 radical (unpaired) electrons. The summed E-state index contributed by atoms with van der Waals surface area (Å²) >= 11 is 0. The highest BCUT2D eigenvalue weighted by Crippen LogP contribution is 2.28. The first-order valence-corrected chi connectivity index (χ1v) is 4.51. The van der Waals surface area contributed by atoms with E-state index in [1.165, 1.54) is 6.07 Å². The van der Waals surface area contributed by atoms with Gasteiger partial charge >= 0.3 is 0 Å². The maximum Gasteiger partial charge on any atom is 0.161 e. The maximum atomic E-state index is 9.39. The molecule has 1 aromatic carbocycles. The molecule has 14 heavy (non-hydrogen) atoms. The van der Waals surface area contributed by atoms with Crippen molar-refractivity contribution in [3.63, 3.8) is 0 Å². The minimum absolute atomic E-state index is 0.0840. The molecule has 78 valence electrons. The summed E-state index contributed by atoms with van der Waals surface area (Å²) in [5.41, 5.74) is 6.37. The zero-order valence-corrected chi connectivity index (χ0v) is 8.10. The SMILES string of the molecule is CCOc1cc(C(N)CO)ccc1O. The fourth-order valence-electron chi connectivity index (χ4n) is 1.14. The summed E-state index contributed by atoms with van der Waals surface area (Å²) < 4.78 is 5.18. The Balaban J connectivity index is 2.93. The molecule has 0 amide bonds. The first kappa shape index (κ1) is 10.8. The van der Waals surface area contributed by atoms with E-state index in [4.69, 9.17) is 15.6 Å². The second-order valence-corrected chi connectivity index (χ2v) is 2.95. The maximum absolute atomic E-state index is 9.39. The molecule has 4 heteroatoms. The van der Waals surface area contributed by atoms with E-state index in [1.807, 2.05) is 6.92 Å². The van der Waals surface area contributed by atoms with Crippen LogP contribution in [0.3, 0.4) is 0 Å². The number of nitrogens with two attached hydrogens (primary N) is 1. The van der Waals surface area contributed by atoms with E-state index in [0.29, 0.717) is 12.4 Å². The van der Waals surface area contributed by atoms with Crippen LogP contribution in [0.2, 0.25) is 0 Å². The lowest BCUT2D eigenvalue weighted by Crippen LogP contribution is -2.14. The molecule has 4 nitrogen and oxygen atoms in total. The molecule has 1 atom stereocenters. The number of ether oxygens (including phenoxy) is 1. The van der Waals surface area contributed by atoms with Crippen LogP contribution in [0.1, 0.15) is 18.5 Å². The van der Waals surface area contributed by atoms with Crippen LogP contribution in [0.25, 0.3) is 0 Å². The van der Waals surface area contributed by atoms with Crippen LogP contribution >= 0.6 is 0 Å². The van der Waals surface area contributed by atoms with E-state index in [-0.39, 0.29) is 12.4 Å². The quantitative estimate of drug-likeness (QED) is 0.666. The molecule has 0 aliphatic heterocycles. The van der Waals surface area contributed by atoms with Crippen LogP contribution in [-0.2, 0) is 0 Å². The molecule has 0 aromatic heterocycles. The number of aliphatic hydroxyl groups is 1. The molecule has 0 fully saturated rings. The molecule has 1 unspecified atom stereocenters. The van der Waals surface area contributed by atoms with Gasteiger partial charge < -0.3 is 20.7 Å². The standard InChI is InChI=1S/C10H15NO3/c1-2-14-10-5-7(8(11)6-12)3-4-9(10)13/h3-5,8,12-13H,2,6,11H2,1H3. The smallest absolute Gasteiger partial charge is 0.161 e. The lowest BCUT2D eigenvalue weighted by molar-refractivity contribution is 0.267. The Labute approximate surface area is 82.9 Å². The van der Waals surface area contributed by atoms with Crippen molar-refractivity contribution < 1.29 is 14.9 Å². The Morgan fingerprint density at radius 1 is 1.50 bits per heavy atom. The first-order chi connectivity index (χ1) is 6.69. The molecular weight excluding hydrogens is 182 g/mol. The predicted octanol–water partition coefficient (Wildman–Crippen LogP) is 0.783. The summed E-state index contributed by atoms with van der Waals surface area (Å²) in [5.74, 6) is 0.481. The molecule has 0 spiro atoms. The Kier molecular flexibility index (Phi) is 3.73. The number of hydrogen-bond donors (Lipinski definition) is 3. The number of benzene rings is 1. The molecular formula is C10H15NO3. The highest BCUT2D eigenvalue weighted by Gasteiger charge is 2.08. The van der Waals surface area contributed by atoms with Crippen molar-refractivity contribution >= 4 is 0 Å². The number of aromatic hydroxyl groups is 1. The van der Waals surface area contributed by atoms with Gasteiger partial charge in [0.15, 0.2) is 11.5 Å². The van der Waals surface area contributed by atoms with Gasteiger partial charge in [0, 0.05) is 0 Å². The van der Waals surface area contributed by atoms with E-state index in [1.54, 1.807) is 12.1 Å². The van der Waals surface area contributed by atoms with E-state index in [2.05, 4.69) is 0 Å². The van der Waals surface area contributed by atoms with Crippen molar-refractivity contribution in [3.8, 4) is 11.5 Å². The fraction of sp³-hybridized carbons (Fsp3) is 0.400. The summed E-state index contributed by atoms with van der Waals surface area (Å²) in [5, 5.41) is 18.2. The van der Waals surface area contributed by atoms with Crippen LogP contribution in [0, 0.1) is 0 Å². The van der Waals surface area contributed by atoms with Gasteiger partial charge in [-0.3, -0.25) is 0 Å². The minimum atomic E-state index is -0.435. The van der Waals surface area contributed by atoms with Gasteiger partial charge in [0.25, 0.3) is 0 Å². The zero-order valence-electron chi connectivity index (χ0n) is 8.10. The third-order valence-electron chi connectivity index (χ3n) is 1.91. The number of rotatable bonds is 4. The molecule has 0 bridgehead atoms. The molecule has 4 N–H and O–H groups in total. The topological polar surface area (TPSA) is 75.7 Å². The third-order valence-corrected chi connectivity index (χ3v) is 1.91. The van der Waals surface area contributed by atoms with Gasteiger partial charge in [-0.1, -0.05) is 6.07 Å². The van der Waals surface area contributed by atoms with Crippen molar-refractivity contribution in [2.45, 2.75) is 13.0 Å². The highest BCUT2D eigenvalue weighted by molar-refractivity contribution is 5.42. The van der Waals surface area contributed by atoms with Crippen LogP contribution in [-0.4, -0.2) is 23.4 Å². The van der Waals surface area contributed by atoms with Crippen LogP contribution in [0.4, 0.5) is 0 Å². The average Bonchev–Trinajstić information content (AvgIpc) is 2.20. The van der Waals surface area contributed by atoms with Crippen molar-refractivity contribution in [2.24, 2.45) is 5.73 Å². The normalized spacial score (nSPS) is 12.5. The average molecular weight is 197 g/mol. The van der Waals surface area contributed by atoms with Gasteiger partial charge in [-0.2, -0.15) is 0 Å². The molecule has 1 aromatic rings.